The molecule has 1 aliphatic heterocycles. The van der Waals surface area contributed by atoms with Gasteiger partial charge >= 0.3 is 0 Å². The Labute approximate surface area is 91.3 Å². The van der Waals surface area contributed by atoms with E-state index in [1.807, 2.05) is 12.1 Å². The van der Waals surface area contributed by atoms with Gasteiger partial charge in [0.05, 0.1) is 0 Å². The number of pyridine rings is 1. The molecule has 0 bridgehead atoms. The van der Waals surface area contributed by atoms with Gasteiger partial charge in [-0.15, -0.1) is 0 Å². The number of piperidine rings is 1. The maximum absolute atomic E-state index is 5.71. The fourth-order valence-corrected chi connectivity index (χ4v) is 2.33. The zero-order valence-corrected chi connectivity index (χ0v) is 9.32. The largest absolute Gasteiger partial charge is 0.384 e. The van der Waals surface area contributed by atoms with Crippen LogP contribution in [-0.2, 0) is 0 Å². The summed E-state index contributed by atoms with van der Waals surface area (Å²) in [5, 5.41) is 0. The lowest BCUT2D eigenvalue weighted by molar-refractivity contribution is 0.447. The van der Waals surface area contributed by atoms with Gasteiger partial charge in [-0.3, -0.25) is 0 Å². The smallest absolute Gasteiger partial charge is 0.131 e. The summed E-state index contributed by atoms with van der Waals surface area (Å²) in [7, 11) is 0. The topological polar surface area (TPSA) is 42.1 Å². The molecule has 1 unspecified atom stereocenters. The molecule has 1 aromatic rings. The molecule has 2 N–H and O–H groups in total. The Balaban J connectivity index is 2.20. The quantitative estimate of drug-likeness (QED) is 0.806. The summed E-state index contributed by atoms with van der Waals surface area (Å²) in [6, 6.07) is 6.53. The molecule has 15 heavy (non-hydrogen) atoms. The van der Waals surface area contributed by atoms with Gasteiger partial charge in [-0.05, 0) is 37.8 Å². The summed E-state index contributed by atoms with van der Waals surface area (Å²) >= 11 is 0. The van der Waals surface area contributed by atoms with Crippen molar-refractivity contribution in [3.05, 3.63) is 18.2 Å². The number of nitrogens with two attached hydrogens (primary N) is 1. The van der Waals surface area contributed by atoms with Crippen LogP contribution in [0.15, 0.2) is 18.2 Å². The molecule has 1 aliphatic rings. The number of nitrogens with zero attached hydrogens (tertiary/aromatic N) is 2. The van der Waals surface area contributed by atoms with Gasteiger partial charge in [0.2, 0.25) is 0 Å². The lowest BCUT2D eigenvalue weighted by Gasteiger charge is -2.36. The second kappa shape index (κ2) is 4.51. The molecule has 82 valence electrons. The third-order valence-corrected chi connectivity index (χ3v) is 3.15. The Hall–Kier alpha value is -1.25. The molecule has 3 nitrogen and oxygen atoms in total. The van der Waals surface area contributed by atoms with E-state index in [0.717, 1.165) is 12.4 Å². The molecule has 1 aromatic heterocycles. The van der Waals surface area contributed by atoms with Crippen molar-refractivity contribution in [2.75, 3.05) is 17.2 Å². The van der Waals surface area contributed by atoms with E-state index in [2.05, 4.69) is 22.9 Å². The first kappa shape index (κ1) is 10.3. The molecule has 1 saturated heterocycles. The molecule has 2 rings (SSSR count). The third-order valence-electron chi connectivity index (χ3n) is 3.15. The van der Waals surface area contributed by atoms with E-state index in [-0.39, 0.29) is 0 Å². The van der Waals surface area contributed by atoms with E-state index in [1.54, 1.807) is 0 Å². The van der Waals surface area contributed by atoms with Gasteiger partial charge in [-0.1, -0.05) is 13.0 Å². The van der Waals surface area contributed by atoms with Gasteiger partial charge in [0.15, 0.2) is 0 Å². The van der Waals surface area contributed by atoms with Crippen LogP contribution < -0.4 is 10.6 Å². The lowest BCUT2D eigenvalue weighted by Crippen LogP contribution is -2.39. The number of nitrogen functional groups attached to an aromatic ring is 1. The summed E-state index contributed by atoms with van der Waals surface area (Å²) in [6.45, 7) is 3.37. The van der Waals surface area contributed by atoms with Crippen LogP contribution in [0.4, 0.5) is 11.6 Å². The van der Waals surface area contributed by atoms with Gasteiger partial charge in [0.1, 0.15) is 11.6 Å². The Kier molecular flexibility index (Phi) is 3.09. The summed E-state index contributed by atoms with van der Waals surface area (Å²) in [5.41, 5.74) is 5.71. The fourth-order valence-electron chi connectivity index (χ4n) is 2.33. The minimum absolute atomic E-state index is 0.618. The highest BCUT2D eigenvalue weighted by Gasteiger charge is 2.21. The van der Waals surface area contributed by atoms with Crippen LogP contribution in [0, 0.1) is 0 Å². The zero-order chi connectivity index (χ0) is 10.7. The standard InChI is InChI=1S/C12H19N3/c1-2-10-6-3-4-9-15(10)12-8-5-7-11(13)14-12/h5,7-8,10H,2-4,6,9H2,1H3,(H2,13,14). The molecule has 0 aromatic carbocycles. The molecule has 0 aliphatic carbocycles. The lowest BCUT2D eigenvalue weighted by atomic mass is 10.00. The first-order valence-electron chi connectivity index (χ1n) is 5.80. The second-order valence-corrected chi connectivity index (χ2v) is 4.17. The van der Waals surface area contributed by atoms with Gasteiger partial charge in [-0.25, -0.2) is 4.98 Å². The predicted octanol–water partition coefficient (Wildman–Crippen LogP) is 2.43. The van der Waals surface area contributed by atoms with Crippen LogP contribution in [0.25, 0.3) is 0 Å². The highest BCUT2D eigenvalue weighted by atomic mass is 15.2. The van der Waals surface area contributed by atoms with Crippen molar-refractivity contribution in [1.82, 2.24) is 4.98 Å². The van der Waals surface area contributed by atoms with Crippen molar-refractivity contribution < 1.29 is 0 Å². The number of anilines is 2. The zero-order valence-electron chi connectivity index (χ0n) is 9.32. The summed E-state index contributed by atoms with van der Waals surface area (Å²) in [6.07, 6.45) is 5.09. The van der Waals surface area contributed by atoms with Crippen molar-refractivity contribution in [2.45, 2.75) is 38.6 Å². The highest BCUT2D eigenvalue weighted by Crippen LogP contribution is 2.25. The van der Waals surface area contributed by atoms with Crippen molar-refractivity contribution >= 4 is 11.6 Å². The van der Waals surface area contributed by atoms with E-state index >= 15 is 0 Å². The molecule has 0 radical (unpaired) electrons. The van der Waals surface area contributed by atoms with Crippen LogP contribution in [0.2, 0.25) is 0 Å². The van der Waals surface area contributed by atoms with Crippen LogP contribution in [-0.4, -0.2) is 17.6 Å². The number of rotatable bonds is 2. The maximum atomic E-state index is 5.71. The SMILES string of the molecule is CCC1CCCCN1c1cccc(N)n1. The second-order valence-electron chi connectivity index (χ2n) is 4.17. The molecule has 2 heterocycles. The van der Waals surface area contributed by atoms with Crippen molar-refractivity contribution in [2.24, 2.45) is 0 Å². The monoisotopic (exact) mass is 205 g/mol. The summed E-state index contributed by atoms with van der Waals surface area (Å²) < 4.78 is 0. The molecular formula is C12H19N3. The molecule has 0 amide bonds. The van der Waals surface area contributed by atoms with E-state index in [9.17, 15) is 0 Å². The van der Waals surface area contributed by atoms with Crippen molar-refractivity contribution in [1.29, 1.82) is 0 Å². The van der Waals surface area contributed by atoms with Crippen molar-refractivity contribution in [3.63, 3.8) is 0 Å². The minimum Gasteiger partial charge on any atom is -0.384 e. The molecule has 1 fully saturated rings. The van der Waals surface area contributed by atoms with Crippen molar-refractivity contribution in [3.8, 4) is 0 Å². The Bertz CT molecular complexity index is 324. The molecule has 0 spiro atoms. The third kappa shape index (κ3) is 2.22. The van der Waals surface area contributed by atoms with Crippen LogP contribution in [0.3, 0.4) is 0 Å². The average molecular weight is 205 g/mol. The van der Waals surface area contributed by atoms with E-state index < -0.39 is 0 Å². The Morgan fingerprint density at radius 2 is 2.33 bits per heavy atom. The molecule has 3 heteroatoms. The summed E-state index contributed by atoms with van der Waals surface area (Å²) in [4.78, 5) is 6.80. The van der Waals surface area contributed by atoms with Crippen LogP contribution >= 0.6 is 0 Å². The fraction of sp³-hybridized carbons (Fsp3) is 0.583. The van der Waals surface area contributed by atoms with E-state index in [0.29, 0.717) is 11.9 Å². The van der Waals surface area contributed by atoms with Gasteiger partial charge in [0.25, 0.3) is 0 Å². The number of hydrogen-bond donors (Lipinski definition) is 1. The molecular weight excluding hydrogens is 186 g/mol. The van der Waals surface area contributed by atoms with Crippen LogP contribution in [0.1, 0.15) is 32.6 Å². The van der Waals surface area contributed by atoms with Gasteiger partial charge < -0.3 is 10.6 Å². The van der Waals surface area contributed by atoms with Gasteiger partial charge in [-0.2, -0.15) is 0 Å². The Morgan fingerprint density at radius 1 is 1.47 bits per heavy atom. The van der Waals surface area contributed by atoms with E-state index in [1.165, 1.54) is 25.7 Å². The predicted molar refractivity (Wildman–Crippen MR) is 63.9 cm³/mol. The highest BCUT2D eigenvalue weighted by molar-refractivity contribution is 5.45. The molecule has 1 atom stereocenters. The maximum Gasteiger partial charge on any atom is 0.131 e. The number of aromatic nitrogens is 1. The number of hydrogen-bond acceptors (Lipinski definition) is 3. The van der Waals surface area contributed by atoms with E-state index in [4.69, 9.17) is 5.73 Å². The molecule has 0 saturated carbocycles. The Morgan fingerprint density at radius 3 is 3.07 bits per heavy atom. The van der Waals surface area contributed by atoms with Crippen LogP contribution in [0.5, 0.6) is 0 Å². The minimum atomic E-state index is 0.618. The van der Waals surface area contributed by atoms with Gasteiger partial charge in [0, 0.05) is 12.6 Å². The normalized spacial score (nSPS) is 21.7. The summed E-state index contributed by atoms with van der Waals surface area (Å²) in [5.74, 6) is 1.66. The average Bonchev–Trinajstić information content (AvgIpc) is 2.29. The first-order chi connectivity index (χ1) is 7.31. The first-order valence-corrected chi connectivity index (χ1v) is 5.80.